The molecule has 1 aromatic carbocycles. The van der Waals surface area contributed by atoms with Gasteiger partial charge in [0.05, 0.1) is 17.4 Å². The van der Waals surface area contributed by atoms with Crippen molar-refractivity contribution in [1.29, 1.82) is 5.26 Å². The van der Waals surface area contributed by atoms with Gasteiger partial charge in [-0.25, -0.2) is 0 Å². The molecule has 0 bridgehead atoms. The van der Waals surface area contributed by atoms with Crippen LogP contribution in [0.5, 0.6) is 0 Å². The van der Waals surface area contributed by atoms with Gasteiger partial charge >= 0.3 is 11.8 Å². The SMILES string of the molecule is N#Cc1ccc(Cl)cc1NC(=O)C(=O)NC[C@H](O)C1CCCCC1. The third-order valence-corrected chi connectivity index (χ3v) is 4.46. The number of nitrogens with one attached hydrogen (secondary N) is 2. The monoisotopic (exact) mass is 349 g/mol. The molecule has 6 nitrogen and oxygen atoms in total. The van der Waals surface area contributed by atoms with Crippen LogP contribution in [0, 0.1) is 17.2 Å². The van der Waals surface area contributed by atoms with Crippen molar-refractivity contribution in [1.82, 2.24) is 5.32 Å². The van der Waals surface area contributed by atoms with E-state index in [0.717, 1.165) is 25.7 Å². The van der Waals surface area contributed by atoms with E-state index >= 15 is 0 Å². The fourth-order valence-corrected chi connectivity index (χ4v) is 3.03. The predicted octanol–water partition coefficient (Wildman–Crippen LogP) is 2.21. The smallest absolute Gasteiger partial charge is 0.313 e. The van der Waals surface area contributed by atoms with E-state index < -0.39 is 17.9 Å². The van der Waals surface area contributed by atoms with Gasteiger partial charge in [-0.1, -0.05) is 30.9 Å². The highest BCUT2D eigenvalue weighted by molar-refractivity contribution is 6.40. The average molecular weight is 350 g/mol. The Morgan fingerprint density at radius 1 is 1.29 bits per heavy atom. The molecule has 0 heterocycles. The Balaban J connectivity index is 1.87. The van der Waals surface area contributed by atoms with Crippen molar-refractivity contribution < 1.29 is 14.7 Å². The second kappa shape index (κ2) is 8.67. The lowest BCUT2D eigenvalue weighted by molar-refractivity contribution is -0.136. The van der Waals surface area contributed by atoms with E-state index in [1.165, 1.54) is 24.6 Å². The zero-order valence-corrected chi connectivity index (χ0v) is 14.0. The largest absolute Gasteiger partial charge is 0.391 e. The molecule has 0 aliphatic heterocycles. The summed E-state index contributed by atoms with van der Waals surface area (Å²) in [6.07, 6.45) is 4.58. The van der Waals surface area contributed by atoms with Crippen LogP contribution >= 0.6 is 11.6 Å². The summed E-state index contributed by atoms with van der Waals surface area (Å²) >= 11 is 5.83. The van der Waals surface area contributed by atoms with Gasteiger partial charge in [0.1, 0.15) is 6.07 Å². The molecule has 2 rings (SSSR count). The Labute approximate surface area is 145 Å². The van der Waals surface area contributed by atoms with Crippen molar-refractivity contribution in [3.05, 3.63) is 28.8 Å². The van der Waals surface area contributed by atoms with Crippen molar-refractivity contribution in [2.24, 2.45) is 5.92 Å². The van der Waals surface area contributed by atoms with E-state index in [1.54, 1.807) is 0 Å². The van der Waals surface area contributed by atoms with Crippen LogP contribution in [0.25, 0.3) is 0 Å². The molecule has 3 N–H and O–H groups in total. The first-order valence-electron chi connectivity index (χ1n) is 7.98. The number of nitrogens with zero attached hydrogens (tertiary/aromatic N) is 1. The molecule has 1 aromatic rings. The second-order valence-corrected chi connectivity index (χ2v) is 6.37. The van der Waals surface area contributed by atoms with Crippen LogP contribution in [-0.4, -0.2) is 29.6 Å². The maximum Gasteiger partial charge on any atom is 0.313 e. The maximum absolute atomic E-state index is 11.9. The van der Waals surface area contributed by atoms with Crippen LogP contribution in [0.3, 0.4) is 0 Å². The van der Waals surface area contributed by atoms with Crippen molar-refractivity contribution >= 4 is 29.1 Å². The summed E-state index contributed by atoms with van der Waals surface area (Å²) in [4.78, 5) is 23.8. The highest BCUT2D eigenvalue weighted by Gasteiger charge is 2.23. The average Bonchev–Trinajstić information content (AvgIpc) is 2.60. The lowest BCUT2D eigenvalue weighted by Gasteiger charge is -2.26. The molecule has 1 aliphatic carbocycles. The Morgan fingerprint density at radius 3 is 2.67 bits per heavy atom. The molecular formula is C17H20ClN3O3. The van der Waals surface area contributed by atoms with Gasteiger partial charge in [0, 0.05) is 11.6 Å². The highest BCUT2D eigenvalue weighted by atomic mass is 35.5. The number of hydrogen-bond donors (Lipinski definition) is 3. The van der Waals surface area contributed by atoms with E-state index in [-0.39, 0.29) is 23.7 Å². The summed E-state index contributed by atoms with van der Waals surface area (Å²) in [6, 6.07) is 6.31. The lowest BCUT2D eigenvalue weighted by Crippen LogP contribution is -2.42. The number of benzene rings is 1. The molecule has 0 radical (unpaired) electrons. The minimum absolute atomic E-state index is 0.0393. The number of rotatable bonds is 4. The van der Waals surface area contributed by atoms with Crippen LogP contribution in [0.4, 0.5) is 5.69 Å². The van der Waals surface area contributed by atoms with Crippen molar-refractivity contribution in [2.45, 2.75) is 38.2 Å². The number of carbonyl (C=O) groups excluding carboxylic acids is 2. The molecule has 1 aliphatic rings. The topological polar surface area (TPSA) is 102 Å². The molecule has 1 atom stereocenters. The number of aliphatic hydroxyl groups is 1. The molecule has 0 spiro atoms. The normalized spacial score (nSPS) is 16.0. The van der Waals surface area contributed by atoms with Gasteiger partial charge in [0.25, 0.3) is 0 Å². The summed E-state index contributed by atoms with van der Waals surface area (Å²) in [5.74, 6) is -1.58. The van der Waals surface area contributed by atoms with Gasteiger partial charge in [-0.2, -0.15) is 5.26 Å². The van der Waals surface area contributed by atoms with Crippen molar-refractivity contribution in [3.8, 4) is 6.07 Å². The van der Waals surface area contributed by atoms with E-state index in [1.807, 2.05) is 6.07 Å². The highest BCUT2D eigenvalue weighted by Crippen LogP contribution is 2.26. The van der Waals surface area contributed by atoms with E-state index in [2.05, 4.69) is 10.6 Å². The Kier molecular flexibility index (Phi) is 6.59. The number of nitriles is 1. The van der Waals surface area contributed by atoms with E-state index in [9.17, 15) is 14.7 Å². The maximum atomic E-state index is 11.9. The Bertz CT molecular complexity index is 651. The lowest BCUT2D eigenvalue weighted by atomic mass is 9.85. The van der Waals surface area contributed by atoms with Gasteiger partial charge in [-0.05, 0) is 37.0 Å². The molecule has 0 unspecified atom stereocenters. The van der Waals surface area contributed by atoms with Crippen molar-refractivity contribution in [3.63, 3.8) is 0 Å². The van der Waals surface area contributed by atoms with Gasteiger partial charge in [0.2, 0.25) is 0 Å². The van der Waals surface area contributed by atoms with Crippen LogP contribution in [-0.2, 0) is 9.59 Å². The summed E-state index contributed by atoms with van der Waals surface area (Å²) < 4.78 is 0. The van der Waals surface area contributed by atoms with Crippen LogP contribution in [0.2, 0.25) is 5.02 Å². The number of amides is 2. The molecule has 1 fully saturated rings. The molecule has 7 heteroatoms. The third kappa shape index (κ3) is 4.95. The molecule has 24 heavy (non-hydrogen) atoms. The fourth-order valence-electron chi connectivity index (χ4n) is 2.86. The standard InChI is InChI=1S/C17H20ClN3O3/c18-13-7-6-12(9-19)14(8-13)21-17(24)16(23)20-10-15(22)11-4-2-1-3-5-11/h6-8,11,15,22H,1-5,10H2,(H,20,23)(H,21,24)/t15-/m0/s1. The minimum atomic E-state index is -0.899. The number of hydrogen-bond acceptors (Lipinski definition) is 4. The first kappa shape index (κ1) is 18.2. The number of halogens is 1. The zero-order valence-electron chi connectivity index (χ0n) is 13.2. The van der Waals surface area contributed by atoms with Crippen LogP contribution in [0.15, 0.2) is 18.2 Å². The first-order chi connectivity index (χ1) is 11.5. The third-order valence-electron chi connectivity index (χ3n) is 4.22. The Hall–Kier alpha value is -2.10. The molecule has 128 valence electrons. The predicted molar refractivity (Wildman–Crippen MR) is 90.4 cm³/mol. The van der Waals surface area contributed by atoms with Gasteiger partial charge in [-0.3, -0.25) is 9.59 Å². The molecule has 1 saturated carbocycles. The second-order valence-electron chi connectivity index (χ2n) is 5.93. The fraction of sp³-hybridized carbons (Fsp3) is 0.471. The zero-order chi connectivity index (χ0) is 17.5. The number of anilines is 1. The van der Waals surface area contributed by atoms with Crippen molar-refractivity contribution in [2.75, 3.05) is 11.9 Å². The quantitative estimate of drug-likeness (QED) is 0.725. The molecule has 0 aromatic heterocycles. The van der Waals surface area contributed by atoms with Gasteiger partial charge < -0.3 is 15.7 Å². The number of carbonyl (C=O) groups is 2. The Morgan fingerprint density at radius 2 is 2.00 bits per heavy atom. The number of aliphatic hydroxyl groups excluding tert-OH is 1. The summed E-state index contributed by atoms with van der Waals surface area (Å²) in [5.41, 5.74) is 0.390. The van der Waals surface area contributed by atoms with Gasteiger partial charge in [-0.15, -0.1) is 0 Å². The van der Waals surface area contributed by atoms with Gasteiger partial charge in [0.15, 0.2) is 0 Å². The van der Waals surface area contributed by atoms with Crippen LogP contribution in [0.1, 0.15) is 37.7 Å². The summed E-state index contributed by atoms with van der Waals surface area (Å²) in [6.45, 7) is 0.0393. The van der Waals surface area contributed by atoms with E-state index in [0.29, 0.717) is 5.02 Å². The summed E-state index contributed by atoms with van der Waals surface area (Å²) in [7, 11) is 0. The molecule has 0 saturated heterocycles. The molecular weight excluding hydrogens is 330 g/mol. The minimum Gasteiger partial charge on any atom is -0.391 e. The van der Waals surface area contributed by atoms with E-state index in [4.69, 9.17) is 16.9 Å². The molecule has 2 amide bonds. The van der Waals surface area contributed by atoms with Crippen LogP contribution < -0.4 is 10.6 Å². The summed E-state index contributed by atoms with van der Waals surface area (Å²) in [5, 5.41) is 24.3. The first-order valence-corrected chi connectivity index (χ1v) is 8.36.